The summed E-state index contributed by atoms with van der Waals surface area (Å²) in [7, 11) is 0. The lowest BCUT2D eigenvalue weighted by molar-refractivity contribution is -0.142. The van der Waals surface area contributed by atoms with Crippen LogP contribution in [0.15, 0.2) is 0 Å². The van der Waals surface area contributed by atoms with Crippen LogP contribution in [0.3, 0.4) is 0 Å². The average Bonchev–Trinajstić information content (AvgIpc) is 2.61. The molecule has 6 heteroatoms. The maximum Gasteiger partial charge on any atom is 0.320 e. The lowest BCUT2D eigenvalue weighted by atomic mass is 10.1. The largest absolute Gasteiger partial charge is 0.480 e. The maximum absolute atomic E-state index is 12.3. The number of likely N-dealkylation sites (tertiary alicyclic amines) is 1. The Morgan fingerprint density at radius 1 is 1.25 bits per heavy atom. The summed E-state index contributed by atoms with van der Waals surface area (Å²) < 4.78 is 0. The third-order valence-corrected chi connectivity index (χ3v) is 4.19. The molecule has 2 rings (SSSR count). The van der Waals surface area contributed by atoms with E-state index in [0.717, 1.165) is 38.5 Å². The molecule has 112 valence electrons. The van der Waals surface area contributed by atoms with Crippen molar-refractivity contribution >= 4 is 17.8 Å². The van der Waals surface area contributed by atoms with Crippen LogP contribution in [0.25, 0.3) is 0 Å². The Kier molecular flexibility index (Phi) is 4.75. The molecule has 0 spiro atoms. The highest BCUT2D eigenvalue weighted by molar-refractivity contribution is 6.06. The van der Waals surface area contributed by atoms with Gasteiger partial charge in [-0.15, -0.1) is 0 Å². The van der Waals surface area contributed by atoms with Crippen molar-refractivity contribution in [3.63, 3.8) is 0 Å². The maximum atomic E-state index is 12.3. The third-order valence-electron chi connectivity index (χ3n) is 4.19. The topological polar surface area (TPSA) is 86.7 Å². The SMILES string of the molecule is C[C@@H](NC1CC(=O)N(C2CCCCCC2)C1=O)C(=O)O. The molecule has 0 aromatic carbocycles. The first-order valence-electron chi connectivity index (χ1n) is 7.35. The molecule has 1 saturated carbocycles. The fraction of sp³-hybridized carbons (Fsp3) is 0.786. The number of carbonyl (C=O) groups is 3. The van der Waals surface area contributed by atoms with E-state index in [4.69, 9.17) is 5.11 Å². The second kappa shape index (κ2) is 6.35. The van der Waals surface area contributed by atoms with Crippen molar-refractivity contribution in [3.8, 4) is 0 Å². The number of hydrogen-bond acceptors (Lipinski definition) is 4. The van der Waals surface area contributed by atoms with Gasteiger partial charge in [0.2, 0.25) is 11.8 Å². The molecule has 1 heterocycles. The Bertz CT molecular complexity index is 402. The second-order valence-electron chi connectivity index (χ2n) is 5.73. The Hall–Kier alpha value is -1.43. The molecule has 0 radical (unpaired) electrons. The third kappa shape index (κ3) is 3.17. The van der Waals surface area contributed by atoms with Crippen LogP contribution < -0.4 is 5.32 Å². The highest BCUT2D eigenvalue weighted by Gasteiger charge is 2.42. The Morgan fingerprint density at radius 2 is 1.85 bits per heavy atom. The van der Waals surface area contributed by atoms with Crippen LogP contribution >= 0.6 is 0 Å². The summed E-state index contributed by atoms with van der Waals surface area (Å²) in [6.07, 6.45) is 6.23. The molecule has 2 amide bonds. The molecule has 6 nitrogen and oxygen atoms in total. The van der Waals surface area contributed by atoms with Crippen LogP contribution in [-0.4, -0.2) is 45.9 Å². The Balaban J connectivity index is 2.02. The van der Waals surface area contributed by atoms with Crippen molar-refractivity contribution in [1.82, 2.24) is 10.2 Å². The van der Waals surface area contributed by atoms with E-state index in [1.54, 1.807) is 0 Å². The van der Waals surface area contributed by atoms with E-state index >= 15 is 0 Å². The molecule has 0 aromatic heterocycles. The predicted octanol–water partition coefficient (Wildman–Crippen LogP) is 0.899. The normalized spacial score (nSPS) is 26.6. The van der Waals surface area contributed by atoms with Crippen molar-refractivity contribution in [1.29, 1.82) is 0 Å². The van der Waals surface area contributed by atoms with E-state index in [0.29, 0.717) is 0 Å². The van der Waals surface area contributed by atoms with Gasteiger partial charge in [0.1, 0.15) is 6.04 Å². The van der Waals surface area contributed by atoms with Gasteiger partial charge < -0.3 is 5.11 Å². The van der Waals surface area contributed by atoms with E-state index in [9.17, 15) is 14.4 Å². The van der Waals surface area contributed by atoms with Gasteiger partial charge in [0.05, 0.1) is 12.5 Å². The van der Waals surface area contributed by atoms with Crippen LogP contribution in [0.4, 0.5) is 0 Å². The quantitative estimate of drug-likeness (QED) is 0.591. The fourth-order valence-electron chi connectivity index (χ4n) is 3.05. The average molecular weight is 282 g/mol. The van der Waals surface area contributed by atoms with Crippen molar-refractivity contribution in [2.24, 2.45) is 0 Å². The van der Waals surface area contributed by atoms with E-state index < -0.39 is 18.1 Å². The van der Waals surface area contributed by atoms with Crippen LogP contribution in [0, 0.1) is 0 Å². The minimum absolute atomic E-state index is 0.00411. The fourth-order valence-corrected chi connectivity index (χ4v) is 3.05. The van der Waals surface area contributed by atoms with Crippen LogP contribution in [0.1, 0.15) is 51.9 Å². The van der Waals surface area contributed by atoms with Gasteiger partial charge in [0, 0.05) is 6.04 Å². The number of amides is 2. The molecule has 1 aliphatic heterocycles. The molecule has 1 aliphatic carbocycles. The van der Waals surface area contributed by atoms with Crippen LogP contribution in [0.2, 0.25) is 0 Å². The van der Waals surface area contributed by atoms with Crippen molar-refractivity contribution in [2.75, 3.05) is 0 Å². The highest BCUT2D eigenvalue weighted by atomic mass is 16.4. The summed E-state index contributed by atoms with van der Waals surface area (Å²) in [6, 6.07) is -1.51. The van der Waals surface area contributed by atoms with E-state index in [1.165, 1.54) is 11.8 Å². The lowest BCUT2D eigenvalue weighted by Gasteiger charge is -2.25. The zero-order chi connectivity index (χ0) is 14.7. The molecule has 2 N–H and O–H groups in total. The number of rotatable bonds is 4. The van der Waals surface area contributed by atoms with Crippen molar-refractivity contribution in [2.45, 2.75) is 70.0 Å². The molecular formula is C14H22N2O4. The van der Waals surface area contributed by atoms with E-state index in [-0.39, 0.29) is 24.3 Å². The number of carboxylic acids is 1. The molecule has 2 aliphatic rings. The van der Waals surface area contributed by atoms with E-state index in [2.05, 4.69) is 5.32 Å². The van der Waals surface area contributed by atoms with Crippen molar-refractivity contribution < 1.29 is 19.5 Å². The highest BCUT2D eigenvalue weighted by Crippen LogP contribution is 2.26. The Morgan fingerprint density at radius 3 is 2.40 bits per heavy atom. The number of imide groups is 1. The zero-order valence-corrected chi connectivity index (χ0v) is 11.8. The molecule has 0 bridgehead atoms. The minimum atomic E-state index is -1.02. The monoisotopic (exact) mass is 282 g/mol. The first kappa shape index (κ1) is 15.0. The molecule has 0 aromatic rings. The second-order valence-corrected chi connectivity index (χ2v) is 5.73. The Labute approximate surface area is 118 Å². The number of hydrogen-bond donors (Lipinski definition) is 2. The zero-order valence-electron chi connectivity index (χ0n) is 11.8. The molecule has 1 unspecified atom stereocenters. The number of carbonyl (C=O) groups excluding carboxylic acids is 2. The number of nitrogens with zero attached hydrogens (tertiary/aromatic N) is 1. The summed E-state index contributed by atoms with van der Waals surface area (Å²) in [5.41, 5.74) is 0. The first-order valence-corrected chi connectivity index (χ1v) is 7.35. The number of aliphatic carboxylic acids is 1. The number of carboxylic acid groups (broad SMARTS) is 1. The van der Waals surface area contributed by atoms with Gasteiger partial charge in [0.15, 0.2) is 0 Å². The predicted molar refractivity (Wildman–Crippen MR) is 72.0 cm³/mol. The minimum Gasteiger partial charge on any atom is -0.480 e. The van der Waals surface area contributed by atoms with Gasteiger partial charge in [0.25, 0.3) is 0 Å². The van der Waals surface area contributed by atoms with Gasteiger partial charge in [-0.1, -0.05) is 25.7 Å². The van der Waals surface area contributed by atoms with Gasteiger partial charge in [-0.2, -0.15) is 0 Å². The van der Waals surface area contributed by atoms with Crippen molar-refractivity contribution in [3.05, 3.63) is 0 Å². The summed E-state index contributed by atoms with van der Waals surface area (Å²) in [5.74, 6) is -1.44. The molecular weight excluding hydrogens is 260 g/mol. The lowest BCUT2D eigenvalue weighted by Crippen LogP contribution is -2.47. The van der Waals surface area contributed by atoms with Crippen LogP contribution in [0.5, 0.6) is 0 Å². The smallest absolute Gasteiger partial charge is 0.320 e. The summed E-state index contributed by atoms with van der Waals surface area (Å²) in [6.45, 7) is 1.48. The summed E-state index contributed by atoms with van der Waals surface area (Å²) in [4.78, 5) is 36.6. The van der Waals surface area contributed by atoms with Gasteiger partial charge in [-0.25, -0.2) is 0 Å². The van der Waals surface area contributed by atoms with Gasteiger partial charge in [-0.05, 0) is 19.8 Å². The molecule has 20 heavy (non-hydrogen) atoms. The van der Waals surface area contributed by atoms with Crippen LogP contribution in [-0.2, 0) is 14.4 Å². The van der Waals surface area contributed by atoms with Gasteiger partial charge >= 0.3 is 5.97 Å². The van der Waals surface area contributed by atoms with Gasteiger partial charge in [-0.3, -0.25) is 24.6 Å². The van der Waals surface area contributed by atoms with E-state index in [1.807, 2.05) is 0 Å². The molecule has 2 fully saturated rings. The standard InChI is InChI=1S/C14H22N2O4/c1-9(14(19)20)15-11-8-12(17)16(13(11)18)10-6-4-2-3-5-7-10/h9-11,15H,2-8H2,1H3,(H,19,20)/t9-,11?/m1/s1. The summed E-state index contributed by atoms with van der Waals surface area (Å²) in [5, 5.41) is 11.6. The summed E-state index contributed by atoms with van der Waals surface area (Å²) >= 11 is 0. The molecule has 2 atom stereocenters. The number of nitrogens with one attached hydrogen (secondary N) is 1. The molecule has 1 saturated heterocycles. The first-order chi connectivity index (χ1) is 9.50.